The molecule has 0 bridgehead atoms. The van der Waals surface area contributed by atoms with Crippen molar-refractivity contribution in [2.24, 2.45) is 0 Å². The zero-order chi connectivity index (χ0) is 19.5. The van der Waals surface area contributed by atoms with Gasteiger partial charge in [0.1, 0.15) is 12.0 Å². The van der Waals surface area contributed by atoms with Crippen LogP contribution in [0.5, 0.6) is 0 Å². The summed E-state index contributed by atoms with van der Waals surface area (Å²) in [6, 6.07) is 3.74. The summed E-state index contributed by atoms with van der Waals surface area (Å²) < 4.78 is 19.1. The quantitative estimate of drug-likeness (QED) is 0.881. The maximum Gasteiger partial charge on any atom is 0.256 e. The van der Waals surface area contributed by atoms with Gasteiger partial charge in [0.15, 0.2) is 0 Å². The molecule has 4 rings (SSSR count). The Kier molecular flexibility index (Phi) is 5.52. The smallest absolute Gasteiger partial charge is 0.256 e. The molecule has 1 saturated heterocycles. The highest BCUT2D eigenvalue weighted by molar-refractivity contribution is 6.06. The molecule has 1 amide bonds. The van der Waals surface area contributed by atoms with Gasteiger partial charge in [0, 0.05) is 37.0 Å². The van der Waals surface area contributed by atoms with E-state index in [1.54, 1.807) is 12.4 Å². The summed E-state index contributed by atoms with van der Waals surface area (Å²) in [4.78, 5) is 24.1. The average molecular weight is 384 g/mol. The maximum absolute atomic E-state index is 13.5. The average Bonchev–Trinajstić information content (AvgIpc) is 2.93. The minimum atomic E-state index is -0.748. The van der Waals surface area contributed by atoms with Crippen LogP contribution in [0, 0.1) is 6.92 Å². The SMILES string of the molecule is Cc1cncc(NC(=O)c2cc(N3CCC(F)CC3)nc3c2CCOCC3)c1. The molecule has 0 radical (unpaired) electrons. The van der Waals surface area contributed by atoms with Crippen LogP contribution in [0.25, 0.3) is 0 Å². The number of aryl methyl sites for hydroxylation is 1. The van der Waals surface area contributed by atoms with Crippen molar-refractivity contribution in [2.75, 3.05) is 36.5 Å². The van der Waals surface area contributed by atoms with E-state index in [0.29, 0.717) is 63.2 Å². The van der Waals surface area contributed by atoms with E-state index < -0.39 is 6.17 Å². The molecule has 0 spiro atoms. The van der Waals surface area contributed by atoms with E-state index in [0.717, 1.165) is 22.6 Å². The molecule has 2 aromatic rings. The number of amides is 1. The molecular weight excluding hydrogens is 359 g/mol. The Balaban J connectivity index is 1.67. The van der Waals surface area contributed by atoms with Crippen LogP contribution in [-0.4, -0.2) is 48.4 Å². The predicted molar refractivity (Wildman–Crippen MR) is 106 cm³/mol. The van der Waals surface area contributed by atoms with Crippen LogP contribution in [0.2, 0.25) is 0 Å². The largest absolute Gasteiger partial charge is 0.381 e. The Morgan fingerprint density at radius 2 is 2.00 bits per heavy atom. The van der Waals surface area contributed by atoms with E-state index >= 15 is 0 Å². The van der Waals surface area contributed by atoms with E-state index in [4.69, 9.17) is 9.72 Å². The highest BCUT2D eigenvalue weighted by Gasteiger charge is 2.25. The maximum atomic E-state index is 13.5. The minimum absolute atomic E-state index is 0.172. The zero-order valence-corrected chi connectivity index (χ0v) is 16.1. The Morgan fingerprint density at radius 3 is 2.79 bits per heavy atom. The fourth-order valence-corrected chi connectivity index (χ4v) is 3.80. The van der Waals surface area contributed by atoms with Gasteiger partial charge in [-0.2, -0.15) is 0 Å². The summed E-state index contributed by atoms with van der Waals surface area (Å²) >= 11 is 0. The number of carbonyl (C=O) groups excluding carboxylic acids is 1. The van der Waals surface area contributed by atoms with Crippen molar-refractivity contribution in [3.05, 3.63) is 46.9 Å². The van der Waals surface area contributed by atoms with E-state index in [-0.39, 0.29) is 5.91 Å². The predicted octanol–water partition coefficient (Wildman–Crippen LogP) is 3.09. The summed E-state index contributed by atoms with van der Waals surface area (Å²) in [5, 5.41) is 2.96. The van der Waals surface area contributed by atoms with Crippen LogP contribution in [0.1, 0.15) is 40.0 Å². The number of rotatable bonds is 3. The van der Waals surface area contributed by atoms with Gasteiger partial charge in [0.25, 0.3) is 5.91 Å². The molecule has 0 saturated carbocycles. The lowest BCUT2D eigenvalue weighted by Crippen LogP contribution is -2.35. The highest BCUT2D eigenvalue weighted by atomic mass is 19.1. The highest BCUT2D eigenvalue weighted by Crippen LogP contribution is 2.27. The van der Waals surface area contributed by atoms with Gasteiger partial charge in [-0.05, 0) is 49.4 Å². The third kappa shape index (κ3) is 4.14. The second-order valence-electron chi connectivity index (χ2n) is 7.43. The number of carbonyl (C=O) groups is 1. The molecule has 0 aliphatic carbocycles. The molecule has 1 N–H and O–H groups in total. The molecule has 6 nitrogen and oxygen atoms in total. The zero-order valence-electron chi connectivity index (χ0n) is 16.1. The number of pyridine rings is 2. The molecule has 2 aromatic heterocycles. The topological polar surface area (TPSA) is 67.4 Å². The Bertz CT molecular complexity index is 865. The number of anilines is 2. The lowest BCUT2D eigenvalue weighted by Gasteiger charge is -2.30. The van der Waals surface area contributed by atoms with Crippen molar-refractivity contribution >= 4 is 17.4 Å². The summed E-state index contributed by atoms with van der Waals surface area (Å²) in [6.07, 6.45) is 4.97. The van der Waals surface area contributed by atoms with Gasteiger partial charge in [0.05, 0.1) is 25.1 Å². The molecule has 148 valence electrons. The number of halogens is 1. The number of nitrogens with zero attached hydrogens (tertiary/aromatic N) is 3. The first-order valence-corrected chi connectivity index (χ1v) is 9.83. The fourth-order valence-electron chi connectivity index (χ4n) is 3.80. The van der Waals surface area contributed by atoms with Crippen LogP contribution < -0.4 is 10.2 Å². The van der Waals surface area contributed by atoms with Gasteiger partial charge in [-0.3, -0.25) is 9.78 Å². The lowest BCUT2D eigenvalue weighted by molar-refractivity contribution is 0.102. The number of ether oxygens (including phenoxy) is 1. The van der Waals surface area contributed by atoms with Gasteiger partial charge < -0.3 is 15.0 Å². The number of fused-ring (bicyclic) bond motifs is 1. The molecule has 7 heteroatoms. The Hall–Kier alpha value is -2.54. The summed E-state index contributed by atoms with van der Waals surface area (Å²) in [7, 11) is 0. The van der Waals surface area contributed by atoms with Crippen molar-refractivity contribution in [1.82, 2.24) is 9.97 Å². The van der Waals surface area contributed by atoms with Crippen LogP contribution in [-0.2, 0) is 17.6 Å². The second kappa shape index (κ2) is 8.22. The summed E-state index contributed by atoms with van der Waals surface area (Å²) in [6.45, 7) is 4.34. The summed E-state index contributed by atoms with van der Waals surface area (Å²) in [5.74, 6) is 0.578. The van der Waals surface area contributed by atoms with Crippen molar-refractivity contribution in [1.29, 1.82) is 0 Å². The third-order valence-electron chi connectivity index (χ3n) is 5.30. The van der Waals surface area contributed by atoms with Gasteiger partial charge in [-0.15, -0.1) is 0 Å². The van der Waals surface area contributed by atoms with Gasteiger partial charge >= 0.3 is 0 Å². The molecule has 0 unspecified atom stereocenters. The third-order valence-corrected chi connectivity index (χ3v) is 5.30. The first-order chi connectivity index (χ1) is 13.6. The number of nitrogens with one attached hydrogen (secondary N) is 1. The summed E-state index contributed by atoms with van der Waals surface area (Å²) in [5.41, 5.74) is 4.12. The van der Waals surface area contributed by atoms with Crippen molar-refractivity contribution < 1.29 is 13.9 Å². The standard InChI is InChI=1S/C21H25FN4O2/c1-14-10-16(13-23-12-14)24-21(27)18-11-20(26-6-2-15(22)3-7-26)25-19-5-9-28-8-4-17(18)19/h10-13,15H,2-9H2,1H3,(H,24,27). The number of hydrogen-bond acceptors (Lipinski definition) is 5. The van der Waals surface area contributed by atoms with Crippen LogP contribution in [0.15, 0.2) is 24.5 Å². The Morgan fingerprint density at radius 1 is 1.21 bits per heavy atom. The monoisotopic (exact) mass is 384 g/mol. The minimum Gasteiger partial charge on any atom is -0.381 e. The second-order valence-corrected chi connectivity index (χ2v) is 7.43. The van der Waals surface area contributed by atoms with Crippen LogP contribution in [0.4, 0.5) is 15.9 Å². The van der Waals surface area contributed by atoms with Crippen LogP contribution in [0.3, 0.4) is 0 Å². The van der Waals surface area contributed by atoms with E-state index in [1.807, 2.05) is 19.1 Å². The lowest BCUT2D eigenvalue weighted by atomic mass is 10.0. The molecule has 28 heavy (non-hydrogen) atoms. The number of hydrogen-bond donors (Lipinski definition) is 1. The molecule has 0 aromatic carbocycles. The molecule has 1 fully saturated rings. The number of aromatic nitrogens is 2. The Labute approximate surface area is 164 Å². The fraction of sp³-hybridized carbons (Fsp3) is 0.476. The van der Waals surface area contributed by atoms with Gasteiger partial charge in [-0.25, -0.2) is 9.37 Å². The number of alkyl halides is 1. The molecular formula is C21H25FN4O2. The normalized spacial score (nSPS) is 17.7. The van der Waals surface area contributed by atoms with E-state index in [2.05, 4.69) is 15.2 Å². The van der Waals surface area contributed by atoms with E-state index in [9.17, 15) is 9.18 Å². The van der Waals surface area contributed by atoms with Crippen molar-refractivity contribution in [3.8, 4) is 0 Å². The number of piperidine rings is 1. The first-order valence-electron chi connectivity index (χ1n) is 9.83. The molecule has 0 atom stereocenters. The molecule has 2 aliphatic heterocycles. The van der Waals surface area contributed by atoms with Crippen molar-refractivity contribution in [2.45, 2.75) is 38.8 Å². The van der Waals surface area contributed by atoms with Crippen molar-refractivity contribution in [3.63, 3.8) is 0 Å². The molecule has 4 heterocycles. The molecule has 2 aliphatic rings. The van der Waals surface area contributed by atoms with E-state index in [1.165, 1.54) is 0 Å². The van der Waals surface area contributed by atoms with Gasteiger partial charge in [-0.1, -0.05) is 0 Å². The first kappa shape index (κ1) is 18.8. The van der Waals surface area contributed by atoms with Gasteiger partial charge in [0.2, 0.25) is 0 Å². The van der Waals surface area contributed by atoms with Crippen LogP contribution >= 0.6 is 0 Å².